The molecule has 32 heavy (non-hydrogen) atoms. The van der Waals surface area contributed by atoms with E-state index in [2.05, 4.69) is 5.32 Å². The summed E-state index contributed by atoms with van der Waals surface area (Å²) in [5, 5.41) is 2.72. The Kier molecular flexibility index (Phi) is 7.75. The zero-order valence-corrected chi connectivity index (χ0v) is 18.7. The fourth-order valence-electron chi connectivity index (χ4n) is 3.25. The summed E-state index contributed by atoms with van der Waals surface area (Å²) in [7, 11) is -0.820. The summed E-state index contributed by atoms with van der Waals surface area (Å²) in [4.78, 5) is 14.0. The van der Waals surface area contributed by atoms with E-state index >= 15 is 0 Å². The number of halogens is 1. The number of carbonyl (C=O) groups is 1. The third-order valence-electron chi connectivity index (χ3n) is 4.96. The second-order valence-electron chi connectivity index (χ2n) is 6.95. The Bertz CT molecular complexity index is 1040. The topological polar surface area (TPSA) is 97.4 Å². The van der Waals surface area contributed by atoms with Crippen LogP contribution in [0.5, 0.6) is 17.2 Å². The van der Waals surface area contributed by atoms with Gasteiger partial charge in [0.1, 0.15) is 18.2 Å². The predicted octanol–water partition coefficient (Wildman–Crippen LogP) is 1.94. The Morgan fingerprint density at radius 2 is 1.75 bits per heavy atom. The fourth-order valence-corrected chi connectivity index (χ4v) is 4.69. The summed E-state index contributed by atoms with van der Waals surface area (Å²) >= 11 is 0. The van der Waals surface area contributed by atoms with Crippen molar-refractivity contribution in [1.82, 2.24) is 14.5 Å². The number of methoxy groups -OCH3 is 2. The molecule has 174 valence electrons. The molecule has 0 radical (unpaired) electrons. The van der Waals surface area contributed by atoms with Gasteiger partial charge in [-0.2, -0.15) is 4.31 Å². The molecule has 1 aliphatic heterocycles. The lowest BCUT2D eigenvalue weighted by molar-refractivity contribution is 0.170. The zero-order valence-electron chi connectivity index (χ0n) is 17.9. The standard InChI is InChI=1S/C21H26FN3O6S/c1-29-19-7-6-18(15-20(19)30-2)32(27,28)25-11-9-24(10-12-25)21(26)23-8-13-31-17-5-3-4-16(22)14-17/h3-7,14-15H,8-13H2,1-2H3,(H,23,26). The second kappa shape index (κ2) is 10.5. The molecule has 1 N–H and O–H groups in total. The van der Waals surface area contributed by atoms with Crippen LogP contribution in [-0.4, -0.2) is 77.2 Å². The van der Waals surface area contributed by atoms with Crippen molar-refractivity contribution < 1.29 is 31.8 Å². The Morgan fingerprint density at radius 3 is 2.41 bits per heavy atom. The van der Waals surface area contributed by atoms with Crippen LogP contribution in [0.15, 0.2) is 47.4 Å². The normalized spacial score (nSPS) is 14.7. The van der Waals surface area contributed by atoms with Crippen molar-refractivity contribution >= 4 is 16.1 Å². The molecule has 11 heteroatoms. The number of nitrogens with one attached hydrogen (secondary N) is 1. The number of amides is 2. The number of nitrogens with zero attached hydrogens (tertiary/aromatic N) is 2. The molecule has 3 rings (SSSR count). The van der Waals surface area contributed by atoms with Gasteiger partial charge in [0.25, 0.3) is 0 Å². The van der Waals surface area contributed by atoms with E-state index in [9.17, 15) is 17.6 Å². The van der Waals surface area contributed by atoms with Crippen molar-refractivity contribution in [2.75, 3.05) is 53.6 Å². The first-order valence-electron chi connectivity index (χ1n) is 9.98. The van der Waals surface area contributed by atoms with E-state index in [0.717, 1.165) is 0 Å². The maximum Gasteiger partial charge on any atom is 0.317 e. The first-order chi connectivity index (χ1) is 15.3. The number of hydrogen-bond donors (Lipinski definition) is 1. The van der Waals surface area contributed by atoms with E-state index in [1.54, 1.807) is 23.1 Å². The van der Waals surface area contributed by atoms with Gasteiger partial charge in [-0.15, -0.1) is 0 Å². The third kappa shape index (κ3) is 5.60. The number of hydrogen-bond acceptors (Lipinski definition) is 6. The van der Waals surface area contributed by atoms with Crippen molar-refractivity contribution in [3.63, 3.8) is 0 Å². The number of piperazine rings is 1. The predicted molar refractivity (Wildman–Crippen MR) is 115 cm³/mol. The first kappa shape index (κ1) is 23.6. The highest BCUT2D eigenvalue weighted by atomic mass is 32.2. The summed E-state index contributed by atoms with van der Waals surface area (Å²) in [6, 6.07) is 9.87. The highest BCUT2D eigenvalue weighted by molar-refractivity contribution is 7.89. The molecule has 1 fully saturated rings. The van der Waals surface area contributed by atoms with Crippen molar-refractivity contribution in [2.24, 2.45) is 0 Å². The zero-order chi connectivity index (χ0) is 23.1. The van der Waals surface area contributed by atoms with Crippen LogP contribution in [0.1, 0.15) is 0 Å². The molecular weight excluding hydrogens is 441 g/mol. The Morgan fingerprint density at radius 1 is 1.03 bits per heavy atom. The van der Waals surface area contributed by atoms with Gasteiger partial charge in [0, 0.05) is 38.3 Å². The van der Waals surface area contributed by atoms with Crippen molar-refractivity contribution in [3.8, 4) is 17.2 Å². The molecule has 2 aromatic carbocycles. The summed E-state index contributed by atoms with van der Waals surface area (Å²) < 4.78 is 56.1. The van der Waals surface area contributed by atoms with Gasteiger partial charge in [-0.3, -0.25) is 0 Å². The number of sulfonamides is 1. The molecule has 0 unspecified atom stereocenters. The Labute approximate surface area is 186 Å². The average Bonchev–Trinajstić information content (AvgIpc) is 2.81. The second-order valence-corrected chi connectivity index (χ2v) is 8.88. The minimum absolute atomic E-state index is 0.0996. The van der Waals surface area contributed by atoms with Crippen molar-refractivity contribution in [1.29, 1.82) is 0 Å². The summed E-state index contributed by atoms with van der Waals surface area (Å²) in [5.41, 5.74) is 0. The molecule has 0 saturated carbocycles. The van der Waals surface area contributed by atoms with E-state index < -0.39 is 15.8 Å². The minimum Gasteiger partial charge on any atom is -0.493 e. The molecule has 0 atom stereocenters. The Hall–Kier alpha value is -3.05. The van der Waals surface area contributed by atoms with Gasteiger partial charge in [-0.1, -0.05) is 6.07 Å². The molecule has 2 aromatic rings. The molecule has 0 aliphatic carbocycles. The van der Waals surface area contributed by atoms with Crippen LogP contribution >= 0.6 is 0 Å². The van der Waals surface area contributed by atoms with Crippen LogP contribution in [0.3, 0.4) is 0 Å². The van der Waals surface area contributed by atoms with E-state index in [1.807, 2.05) is 0 Å². The van der Waals surface area contributed by atoms with Crippen molar-refractivity contribution in [3.05, 3.63) is 48.3 Å². The lowest BCUT2D eigenvalue weighted by Gasteiger charge is -2.34. The largest absolute Gasteiger partial charge is 0.493 e. The number of ether oxygens (including phenoxy) is 3. The number of benzene rings is 2. The molecule has 1 aliphatic rings. The van der Waals surface area contributed by atoms with Gasteiger partial charge >= 0.3 is 6.03 Å². The lowest BCUT2D eigenvalue weighted by atomic mass is 10.3. The quantitative estimate of drug-likeness (QED) is 0.596. The van der Waals surface area contributed by atoms with Gasteiger partial charge in [0.15, 0.2) is 11.5 Å². The van der Waals surface area contributed by atoms with Gasteiger partial charge in [-0.25, -0.2) is 17.6 Å². The Balaban J connectivity index is 1.49. The highest BCUT2D eigenvalue weighted by Gasteiger charge is 2.30. The van der Waals surface area contributed by atoms with Crippen LogP contribution < -0.4 is 19.5 Å². The van der Waals surface area contributed by atoms with Gasteiger partial charge in [-0.05, 0) is 24.3 Å². The number of carbonyl (C=O) groups excluding carboxylic acids is 1. The molecule has 0 bridgehead atoms. The fraction of sp³-hybridized carbons (Fsp3) is 0.381. The monoisotopic (exact) mass is 467 g/mol. The van der Waals surface area contributed by atoms with Crippen LogP contribution in [-0.2, 0) is 10.0 Å². The SMILES string of the molecule is COc1ccc(S(=O)(=O)N2CCN(C(=O)NCCOc3cccc(F)c3)CC2)cc1OC. The third-order valence-corrected chi connectivity index (χ3v) is 6.86. The smallest absolute Gasteiger partial charge is 0.317 e. The molecule has 0 aromatic heterocycles. The summed E-state index contributed by atoms with van der Waals surface area (Å²) in [6.45, 7) is 1.27. The molecular formula is C21H26FN3O6S. The van der Waals surface area contributed by atoms with Gasteiger partial charge in [0.05, 0.1) is 25.7 Å². The molecule has 2 amide bonds. The van der Waals surface area contributed by atoms with Crippen LogP contribution in [0, 0.1) is 5.82 Å². The maximum atomic E-state index is 13.1. The number of rotatable bonds is 8. The molecule has 0 spiro atoms. The minimum atomic E-state index is -3.74. The van der Waals surface area contributed by atoms with Crippen LogP contribution in [0.25, 0.3) is 0 Å². The van der Waals surface area contributed by atoms with Crippen LogP contribution in [0.2, 0.25) is 0 Å². The first-order valence-corrected chi connectivity index (χ1v) is 11.4. The molecule has 1 saturated heterocycles. The van der Waals surface area contributed by atoms with Gasteiger partial charge < -0.3 is 24.4 Å². The van der Waals surface area contributed by atoms with Gasteiger partial charge in [0.2, 0.25) is 10.0 Å². The van der Waals surface area contributed by atoms with E-state index in [0.29, 0.717) is 17.2 Å². The van der Waals surface area contributed by atoms with E-state index in [1.165, 1.54) is 42.8 Å². The average molecular weight is 468 g/mol. The molecule has 1 heterocycles. The highest BCUT2D eigenvalue weighted by Crippen LogP contribution is 2.30. The van der Waals surface area contributed by atoms with E-state index in [4.69, 9.17) is 14.2 Å². The molecule has 9 nitrogen and oxygen atoms in total. The van der Waals surface area contributed by atoms with Crippen molar-refractivity contribution in [2.45, 2.75) is 4.90 Å². The lowest BCUT2D eigenvalue weighted by Crippen LogP contribution is -2.53. The van der Waals surface area contributed by atoms with E-state index in [-0.39, 0.29) is 50.3 Å². The summed E-state index contributed by atoms with van der Waals surface area (Å²) in [5.74, 6) is 0.752. The summed E-state index contributed by atoms with van der Waals surface area (Å²) in [6.07, 6.45) is 0. The number of urea groups is 1. The van der Waals surface area contributed by atoms with Crippen LogP contribution in [0.4, 0.5) is 9.18 Å². The maximum absolute atomic E-state index is 13.1.